The molecule has 0 fully saturated rings. The van der Waals surface area contributed by atoms with Gasteiger partial charge in [0.1, 0.15) is 0 Å². The van der Waals surface area contributed by atoms with Gasteiger partial charge in [0.05, 0.1) is 0 Å². The molecule has 0 aliphatic rings. The van der Waals surface area contributed by atoms with Crippen molar-refractivity contribution in [2.75, 3.05) is 0 Å². The highest BCUT2D eigenvalue weighted by atomic mass is 13.6. The molecule has 0 atom stereocenters. The van der Waals surface area contributed by atoms with Crippen molar-refractivity contribution in [3.05, 3.63) is 24.3 Å². The van der Waals surface area contributed by atoms with Crippen molar-refractivity contribution in [3.63, 3.8) is 0 Å². The molecule has 0 N–H and O–H groups in total. The van der Waals surface area contributed by atoms with E-state index in [9.17, 15) is 0 Å². The zero-order valence-corrected chi connectivity index (χ0v) is 4.46. The van der Waals surface area contributed by atoms with E-state index in [0.29, 0.717) is 0 Å². The van der Waals surface area contributed by atoms with Crippen LogP contribution in [0, 0.1) is 24.7 Å². The van der Waals surface area contributed by atoms with Gasteiger partial charge >= 0.3 is 0 Å². The maximum atomic E-state index is 4.89. The SMILES string of the molecule is C#CC=CC=CC#C. The molecule has 0 heteroatoms. The van der Waals surface area contributed by atoms with Crippen LogP contribution >= 0.6 is 0 Å². The van der Waals surface area contributed by atoms with E-state index < -0.39 is 0 Å². The third-order valence-corrected chi connectivity index (χ3v) is 0.496. The predicted octanol–water partition coefficient (Wildman–Crippen LogP) is 1.37. The molecule has 0 heterocycles. The van der Waals surface area contributed by atoms with Gasteiger partial charge in [-0.1, -0.05) is 24.0 Å². The first-order chi connectivity index (χ1) is 3.91. The third-order valence-electron chi connectivity index (χ3n) is 0.496. The largest absolute Gasteiger partial charge is 0.115 e. The molecule has 0 amide bonds. The summed E-state index contributed by atoms with van der Waals surface area (Å²) < 4.78 is 0. The van der Waals surface area contributed by atoms with Crippen molar-refractivity contribution >= 4 is 0 Å². The number of hydrogen-bond acceptors (Lipinski definition) is 0. The molecule has 0 aliphatic carbocycles. The van der Waals surface area contributed by atoms with E-state index in [2.05, 4.69) is 11.8 Å². The van der Waals surface area contributed by atoms with Gasteiger partial charge in [-0.05, 0) is 12.2 Å². The molecule has 0 spiro atoms. The maximum Gasteiger partial charge on any atom is -0.0121 e. The molecule has 0 aliphatic heterocycles. The van der Waals surface area contributed by atoms with E-state index in [1.165, 1.54) is 0 Å². The van der Waals surface area contributed by atoms with Crippen LogP contribution in [0.1, 0.15) is 0 Å². The Morgan fingerprint density at radius 3 is 1.50 bits per heavy atom. The highest BCUT2D eigenvalue weighted by molar-refractivity contribution is 5.20. The predicted molar refractivity (Wildman–Crippen MR) is 35.9 cm³/mol. The summed E-state index contributed by atoms with van der Waals surface area (Å²) in [5.41, 5.74) is 0. The van der Waals surface area contributed by atoms with Gasteiger partial charge < -0.3 is 0 Å². The average Bonchev–Trinajstić information content (AvgIpc) is 1.81. The molecule has 0 radical (unpaired) electrons. The molecule has 0 unspecified atom stereocenters. The van der Waals surface area contributed by atoms with Gasteiger partial charge in [0.2, 0.25) is 0 Å². The van der Waals surface area contributed by atoms with Crippen LogP contribution in [-0.4, -0.2) is 0 Å². The van der Waals surface area contributed by atoms with Crippen LogP contribution in [0.5, 0.6) is 0 Å². The minimum absolute atomic E-state index is 1.58. The van der Waals surface area contributed by atoms with Gasteiger partial charge in [0.15, 0.2) is 0 Å². The fourth-order valence-corrected chi connectivity index (χ4v) is 0.222. The number of hydrogen-bond donors (Lipinski definition) is 0. The Kier molecular flexibility index (Phi) is 4.62. The Morgan fingerprint density at radius 1 is 0.875 bits per heavy atom. The molecule has 0 saturated carbocycles. The zero-order valence-electron chi connectivity index (χ0n) is 4.46. The van der Waals surface area contributed by atoms with Crippen LogP contribution in [0.4, 0.5) is 0 Å². The fraction of sp³-hybridized carbons (Fsp3) is 0. The lowest BCUT2D eigenvalue weighted by Gasteiger charge is -1.63. The lowest BCUT2D eigenvalue weighted by Crippen LogP contribution is -1.46. The summed E-state index contributed by atoms with van der Waals surface area (Å²) in [4.78, 5) is 0. The van der Waals surface area contributed by atoms with Crippen molar-refractivity contribution in [2.24, 2.45) is 0 Å². The second-order valence-corrected chi connectivity index (χ2v) is 1.05. The molecule has 0 aromatic carbocycles. The van der Waals surface area contributed by atoms with Crippen molar-refractivity contribution in [3.8, 4) is 24.7 Å². The van der Waals surface area contributed by atoms with E-state index in [1.54, 1.807) is 24.3 Å². The standard InChI is InChI=1S/C8H6/c1-3-5-7-8-6-4-2/h1-2,5-8H. The van der Waals surface area contributed by atoms with Gasteiger partial charge in [-0.3, -0.25) is 0 Å². The summed E-state index contributed by atoms with van der Waals surface area (Å²) >= 11 is 0. The average molecular weight is 102 g/mol. The minimum Gasteiger partial charge on any atom is -0.115 e. The molecule has 0 rings (SSSR count). The van der Waals surface area contributed by atoms with Gasteiger partial charge in [-0.25, -0.2) is 0 Å². The maximum absolute atomic E-state index is 4.89. The molecule has 0 saturated heterocycles. The Morgan fingerprint density at radius 2 is 1.25 bits per heavy atom. The molecule has 8 heavy (non-hydrogen) atoms. The van der Waals surface area contributed by atoms with Crippen LogP contribution in [0.25, 0.3) is 0 Å². The monoisotopic (exact) mass is 102 g/mol. The molecule has 0 bridgehead atoms. The first-order valence-electron chi connectivity index (χ1n) is 2.15. The summed E-state index contributed by atoms with van der Waals surface area (Å²) in [6.45, 7) is 0. The number of terminal acetylenes is 2. The Hall–Kier alpha value is -1.40. The summed E-state index contributed by atoms with van der Waals surface area (Å²) in [7, 11) is 0. The quantitative estimate of drug-likeness (QED) is 0.346. The second-order valence-electron chi connectivity index (χ2n) is 1.05. The van der Waals surface area contributed by atoms with Crippen LogP contribution < -0.4 is 0 Å². The Balaban J connectivity index is 3.51. The van der Waals surface area contributed by atoms with Crippen LogP contribution in [0.3, 0.4) is 0 Å². The van der Waals surface area contributed by atoms with Gasteiger partial charge in [-0.2, -0.15) is 0 Å². The topological polar surface area (TPSA) is 0 Å². The van der Waals surface area contributed by atoms with E-state index >= 15 is 0 Å². The van der Waals surface area contributed by atoms with Gasteiger partial charge in [-0.15, -0.1) is 12.8 Å². The first kappa shape index (κ1) is 6.60. The van der Waals surface area contributed by atoms with Gasteiger partial charge in [0, 0.05) is 0 Å². The van der Waals surface area contributed by atoms with E-state index in [1.807, 2.05) is 0 Å². The molecule has 0 aromatic heterocycles. The van der Waals surface area contributed by atoms with Crippen molar-refractivity contribution in [1.82, 2.24) is 0 Å². The van der Waals surface area contributed by atoms with Crippen LogP contribution in [0.15, 0.2) is 24.3 Å². The normalized spacial score (nSPS) is 9.25. The summed E-state index contributed by atoms with van der Waals surface area (Å²) in [5, 5.41) is 0. The Labute approximate surface area is 49.9 Å². The molecule has 0 aromatic rings. The lowest BCUT2D eigenvalue weighted by atomic mass is 10.4. The fourth-order valence-electron chi connectivity index (χ4n) is 0.222. The molecular formula is C8H6. The van der Waals surface area contributed by atoms with E-state index in [4.69, 9.17) is 12.8 Å². The Bertz CT molecular complexity index is 147. The molecular weight excluding hydrogens is 96.1 g/mol. The van der Waals surface area contributed by atoms with E-state index in [-0.39, 0.29) is 0 Å². The smallest absolute Gasteiger partial charge is 0.0121 e. The van der Waals surface area contributed by atoms with Crippen molar-refractivity contribution < 1.29 is 0 Å². The van der Waals surface area contributed by atoms with Crippen LogP contribution in [0.2, 0.25) is 0 Å². The summed E-state index contributed by atoms with van der Waals surface area (Å²) in [6, 6.07) is 0. The zero-order chi connectivity index (χ0) is 6.24. The number of allylic oxidation sites excluding steroid dienone is 4. The van der Waals surface area contributed by atoms with Crippen molar-refractivity contribution in [2.45, 2.75) is 0 Å². The third kappa shape index (κ3) is 4.60. The van der Waals surface area contributed by atoms with E-state index in [0.717, 1.165) is 0 Å². The second kappa shape index (κ2) is 5.60. The van der Waals surface area contributed by atoms with Crippen LogP contribution in [-0.2, 0) is 0 Å². The lowest BCUT2D eigenvalue weighted by molar-refractivity contribution is 1.99. The number of rotatable bonds is 1. The van der Waals surface area contributed by atoms with Crippen molar-refractivity contribution in [1.29, 1.82) is 0 Å². The van der Waals surface area contributed by atoms with Gasteiger partial charge in [0.25, 0.3) is 0 Å². The first-order valence-corrected chi connectivity index (χ1v) is 2.15. The minimum atomic E-state index is 1.58. The molecule has 0 nitrogen and oxygen atoms in total. The highest BCUT2D eigenvalue weighted by Crippen LogP contribution is 1.72. The molecule has 38 valence electrons. The summed E-state index contributed by atoms with van der Waals surface area (Å²) in [6.07, 6.45) is 16.3. The summed E-state index contributed by atoms with van der Waals surface area (Å²) in [5.74, 6) is 4.65. The highest BCUT2D eigenvalue weighted by Gasteiger charge is 1.54.